The Labute approximate surface area is 127 Å². The fourth-order valence-corrected chi connectivity index (χ4v) is 3.68. The normalized spacial score (nSPS) is 23.3. The van der Waals surface area contributed by atoms with E-state index in [1.54, 1.807) is 0 Å². The molecule has 0 atom stereocenters. The molecule has 0 N–H and O–H groups in total. The zero-order chi connectivity index (χ0) is 14.7. The van der Waals surface area contributed by atoms with Gasteiger partial charge >= 0.3 is 0 Å². The van der Waals surface area contributed by atoms with Crippen molar-refractivity contribution in [1.82, 2.24) is 9.80 Å². The van der Waals surface area contributed by atoms with Crippen LogP contribution >= 0.6 is 0 Å². The molecule has 0 unspecified atom stereocenters. The van der Waals surface area contributed by atoms with E-state index in [0.717, 1.165) is 51.9 Å². The van der Waals surface area contributed by atoms with Crippen molar-refractivity contribution in [3.8, 4) is 0 Å². The molecular weight excluding hydrogens is 260 g/mol. The molecule has 1 aromatic rings. The van der Waals surface area contributed by atoms with Crippen molar-refractivity contribution < 1.29 is 4.79 Å². The third-order valence-corrected chi connectivity index (χ3v) is 5.16. The van der Waals surface area contributed by atoms with Crippen molar-refractivity contribution in [2.45, 2.75) is 51.1 Å². The van der Waals surface area contributed by atoms with Crippen molar-refractivity contribution in [3.05, 3.63) is 35.9 Å². The van der Waals surface area contributed by atoms with Crippen LogP contribution in [0.25, 0.3) is 0 Å². The van der Waals surface area contributed by atoms with Gasteiger partial charge in [0.25, 0.3) is 0 Å². The minimum Gasteiger partial charge on any atom is -0.337 e. The lowest BCUT2D eigenvalue weighted by Gasteiger charge is -2.48. The van der Waals surface area contributed by atoms with Gasteiger partial charge in [0.1, 0.15) is 0 Å². The number of nitrogens with zero attached hydrogens (tertiary/aromatic N) is 2. The lowest BCUT2D eigenvalue weighted by atomic mass is 9.85. The van der Waals surface area contributed by atoms with Crippen LogP contribution in [0.2, 0.25) is 0 Å². The monoisotopic (exact) mass is 286 g/mol. The van der Waals surface area contributed by atoms with E-state index in [4.69, 9.17) is 0 Å². The van der Waals surface area contributed by atoms with E-state index in [-0.39, 0.29) is 5.54 Å². The third kappa shape index (κ3) is 3.29. The predicted molar refractivity (Wildman–Crippen MR) is 84.9 cm³/mol. The molecule has 1 aromatic carbocycles. The molecule has 2 aliphatic rings. The summed E-state index contributed by atoms with van der Waals surface area (Å²) in [6, 6.07) is 10.7. The van der Waals surface area contributed by atoms with E-state index < -0.39 is 0 Å². The summed E-state index contributed by atoms with van der Waals surface area (Å²) in [5.74, 6) is 0.375. The molecule has 0 aliphatic carbocycles. The number of carbonyl (C=O) groups excluding carboxylic acids is 1. The second-order valence-electron chi connectivity index (χ2n) is 6.76. The van der Waals surface area contributed by atoms with Crippen LogP contribution in [0, 0.1) is 0 Å². The van der Waals surface area contributed by atoms with Crippen LogP contribution < -0.4 is 0 Å². The number of benzene rings is 1. The van der Waals surface area contributed by atoms with Crippen LogP contribution in [-0.4, -0.2) is 40.9 Å². The molecule has 2 aliphatic heterocycles. The van der Waals surface area contributed by atoms with E-state index in [1.807, 2.05) is 0 Å². The molecule has 2 heterocycles. The lowest BCUT2D eigenvalue weighted by molar-refractivity contribution is -0.141. The van der Waals surface area contributed by atoms with Crippen LogP contribution in [0.5, 0.6) is 0 Å². The highest BCUT2D eigenvalue weighted by molar-refractivity contribution is 5.77. The largest absolute Gasteiger partial charge is 0.337 e. The number of likely N-dealkylation sites (tertiary alicyclic amines) is 2. The van der Waals surface area contributed by atoms with Crippen LogP contribution in [0.4, 0.5) is 0 Å². The molecule has 0 aromatic heterocycles. The first-order chi connectivity index (χ1) is 10.2. The van der Waals surface area contributed by atoms with E-state index >= 15 is 0 Å². The van der Waals surface area contributed by atoms with Crippen LogP contribution in [0.15, 0.2) is 30.3 Å². The average Bonchev–Trinajstić information content (AvgIpc) is 2.51. The van der Waals surface area contributed by atoms with Crippen molar-refractivity contribution >= 4 is 5.91 Å². The van der Waals surface area contributed by atoms with Gasteiger partial charge in [0, 0.05) is 38.1 Å². The Bertz CT molecular complexity index is 477. The SMILES string of the molecule is CC1(N2CCCCC2=O)CCN(Cc2ccccc2)CC1. The van der Waals surface area contributed by atoms with Crippen molar-refractivity contribution in [3.63, 3.8) is 0 Å². The van der Waals surface area contributed by atoms with E-state index in [1.165, 1.54) is 12.0 Å². The summed E-state index contributed by atoms with van der Waals surface area (Å²) in [5, 5.41) is 0. The molecule has 3 rings (SSSR count). The first-order valence-electron chi connectivity index (χ1n) is 8.24. The van der Waals surface area contributed by atoms with Gasteiger partial charge < -0.3 is 4.90 Å². The Morgan fingerprint density at radius 3 is 2.43 bits per heavy atom. The van der Waals surface area contributed by atoms with Crippen molar-refractivity contribution in [2.24, 2.45) is 0 Å². The van der Waals surface area contributed by atoms with Gasteiger partial charge in [0.15, 0.2) is 0 Å². The Kier molecular flexibility index (Phi) is 4.29. The number of hydrogen-bond acceptors (Lipinski definition) is 2. The molecule has 1 amide bonds. The molecule has 3 heteroatoms. The topological polar surface area (TPSA) is 23.6 Å². The molecule has 0 spiro atoms. The molecule has 21 heavy (non-hydrogen) atoms. The molecule has 0 bridgehead atoms. The zero-order valence-electron chi connectivity index (χ0n) is 13.1. The van der Waals surface area contributed by atoms with E-state index in [2.05, 4.69) is 47.1 Å². The van der Waals surface area contributed by atoms with Crippen LogP contribution in [0.1, 0.15) is 44.6 Å². The Balaban J connectivity index is 1.58. The van der Waals surface area contributed by atoms with Gasteiger partial charge in [-0.3, -0.25) is 9.69 Å². The summed E-state index contributed by atoms with van der Waals surface area (Å²) < 4.78 is 0. The Morgan fingerprint density at radius 2 is 1.76 bits per heavy atom. The van der Waals surface area contributed by atoms with Crippen molar-refractivity contribution in [1.29, 1.82) is 0 Å². The molecule has 114 valence electrons. The molecule has 2 saturated heterocycles. The van der Waals surface area contributed by atoms with E-state index in [9.17, 15) is 4.79 Å². The summed E-state index contributed by atoms with van der Waals surface area (Å²) in [5.41, 5.74) is 1.47. The van der Waals surface area contributed by atoms with Gasteiger partial charge in [-0.1, -0.05) is 30.3 Å². The fraction of sp³-hybridized carbons (Fsp3) is 0.611. The number of carbonyl (C=O) groups is 1. The molecular formula is C18H26N2O. The summed E-state index contributed by atoms with van der Waals surface area (Å²) in [4.78, 5) is 16.9. The number of rotatable bonds is 3. The highest BCUT2D eigenvalue weighted by Gasteiger charge is 2.38. The average molecular weight is 286 g/mol. The molecule has 3 nitrogen and oxygen atoms in total. The van der Waals surface area contributed by atoms with Gasteiger partial charge in [-0.15, -0.1) is 0 Å². The number of amides is 1. The summed E-state index contributed by atoms with van der Waals surface area (Å²) in [6.07, 6.45) is 5.21. The predicted octanol–water partition coefficient (Wildman–Crippen LogP) is 3.05. The maximum absolute atomic E-state index is 12.2. The first kappa shape index (κ1) is 14.6. The highest BCUT2D eigenvalue weighted by atomic mass is 16.2. The fourth-order valence-electron chi connectivity index (χ4n) is 3.68. The van der Waals surface area contributed by atoms with E-state index in [0.29, 0.717) is 5.91 Å². The number of piperidine rings is 2. The van der Waals surface area contributed by atoms with Crippen molar-refractivity contribution in [2.75, 3.05) is 19.6 Å². The first-order valence-corrected chi connectivity index (χ1v) is 8.24. The molecule has 2 fully saturated rings. The van der Waals surface area contributed by atoms with Gasteiger partial charge in [-0.25, -0.2) is 0 Å². The highest BCUT2D eigenvalue weighted by Crippen LogP contribution is 2.32. The minimum atomic E-state index is 0.0880. The summed E-state index contributed by atoms with van der Waals surface area (Å²) in [7, 11) is 0. The third-order valence-electron chi connectivity index (χ3n) is 5.16. The maximum atomic E-state index is 12.2. The minimum absolute atomic E-state index is 0.0880. The second-order valence-corrected chi connectivity index (χ2v) is 6.76. The molecule has 0 saturated carbocycles. The second kappa shape index (κ2) is 6.18. The smallest absolute Gasteiger partial charge is 0.223 e. The van der Waals surface area contributed by atoms with Gasteiger partial charge in [-0.2, -0.15) is 0 Å². The maximum Gasteiger partial charge on any atom is 0.223 e. The summed E-state index contributed by atoms with van der Waals surface area (Å²) in [6.45, 7) is 6.47. The van der Waals surface area contributed by atoms with Gasteiger partial charge in [0.2, 0.25) is 5.91 Å². The zero-order valence-corrected chi connectivity index (χ0v) is 13.1. The number of hydrogen-bond donors (Lipinski definition) is 0. The standard InChI is InChI=1S/C18H26N2O/c1-18(20-12-6-5-9-17(20)21)10-13-19(14-11-18)15-16-7-3-2-4-8-16/h2-4,7-8H,5-6,9-15H2,1H3. The quantitative estimate of drug-likeness (QED) is 0.852. The van der Waals surface area contributed by atoms with Crippen LogP contribution in [-0.2, 0) is 11.3 Å². The van der Waals surface area contributed by atoms with Crippen LogP contribution in [0.3, 0.4) is 0 Å². The van der Waals surface area contributed by atoms with Gasteiger partial charge in [0.05, 0.1) is 0 Å². The lowest BCUT2D eigenvalue weighted by Crippen LogP contribution is -2.56. The van der Waals surface area contributed by atoms with Gasteiger partial charge in [-0.05, 0) is 38.2 Å². The molecule has 0 radical (unpaired) electrons. The Hall–Kier alpha value is -1.35. The Morgan fingerprint density at radius 1 is 1.05 bits per heavy atom. The summed E-state index contributed by atoms with van der Waals surface area (Å²) >= 11 is 0.